The van der Waals surface area contributed by atoms with Crippen molar-refractivity contribution >= 4 is 28.6 Å². The first-order chi connectivity index (χ1) is 13.4. The Morgan fingerprint density at radius 2 is 1.86 bits per heavy atom. The highest BCUT2D eigenvalue weighted by Crippen LogP contribution is 2.20. The molecule has 1 heterocycles. The van der Waals surface area contributed by atoms with Gasteiger partial charge in [0.1, 0.15) is 5.75 Å². The van der Waals surface area contributed by atoms with E-state index in [1.165, 1.54) is 24.3 Å². The number of ether oxygens (including phenoxy) is 1. The van der Waals surface area contributed by atoms with E-state index in [0.717, 1.165) is 10.8 Å². The maximum absolute atomic E-state index is 12.1. The number of fused-ring (bicyclic) bond motifs is 1. The molecule has 0 saturated carbocycles. The maximum atomic E-state index is 12.1. The van der Waals surface area contributed by atoms with Crippen molar-refractivity contribution in [2.45, 2.75) is 6.18 Å². The summed E-state index contributed by atoms with van der Waals surface area (Å²) in [7, 11) is 0. The molecule has 1 aromatic heterocycles. The largest absolute Gasteiger partial charge is 0.484 e. The summed E-state index contributed by atoms with van der Waals surface area (Å²) in [5.41, 5.74) is 5.82. The first-order valence-electron chi connectivity index (χ1n) is 8.15. The van der Waals surface area contributed by atoms with Crippen molar-refractivity contribution in [2.24, 2.45) is 0 Å². The third-order valence-electron chi connectivity index (χ3n) is 3.58. The number of hydrogen-bond acceptors (Lipinski definition) is 5. The molecular formula is C19H15F3N4O2. The van der Waals surface area contributed by atoms with E-state index < -0.39 is 18.7 Å². The number of hydrogen-bond donors (Lipinski definition) is 2. The number of alkyl halides is 3. The molecule has 3 aromatic rings. The van der Waals surface area contributed by atoms with Gasteiger partial charge in [-0.1, -0.05) is 36.4 Å². The SMILES string of the molecule is O=C(/C=C/c1ccc(OCC(F)(F)F)cc1)NNc1nncc2ccccc12. The average molecular weight is 388 g/mol. The highest BCUT2D eigenvalue weighted by atomic mass is 19.4. The Kier molecular flexibility index (Phi) is 5.73. The maximum Gasteiger partial charge on any atom is 0.422 e. The molecule has 2 N–H and O–H groups in total. The lowest BCUT2D eigenvalue weighted by Gasteiger charge is -2.09. The zero-order chi connectivity index (χ0) is 20.0. The lowest BCUT2D eigenvalue weighted by molar-refractivity contribution is -0.153. The van der Waals surface area contributed by atoms with Gasteiger partial charge in [0.2, 0.25) is 0 Å². The van der Waals surface area contributed by atoms with Crippen molar-refractivity contribution < 1.29 is 22.7 Å². The Morgan fingerprint density at radius 1 is 1.11 bits per heavy atom. The van der Waals surface area contributed by atoms with Crippen molar-refractivity contribution in [1.82, 2.24) is 15.6 Å². The molecule has 0 unspecified atom stereocenters. The molecule has 0 fully saturated rings. The highest BCUT2D eigenvalue weighted by Gasteiger charge is 2.28. The van der Waals surface area contributed by atoms with Gasteiger partial charge < -0.3 is 4.74 Å². The first kappa shape index (κ1) is 19.2. The molecular weight excluding hydrogens is 373 g/mol. The summed E-state index contributed by atoms with van der Waals surface area (Å²) >= 11 is 0. The van der Waals surface area contributed by atoms with E-state index in [1.807, 2.05) is 24.3 Å². The van der Waals surface area contributed by atoms with Crippen LogP contribution in [0.2, 0.25) is 0 Å². The third-order valence-corrected chi connectivity index (χ3v) is 3.58. The quantitative estimate of drug-likeness (QED) is 0.497. The lowest BCUT2D eigenvalue weighted by Crippen LogP contribution is -2.28. The average Bonchev–Trinajstić information content (AvgIpc) is 2.69. The molecule has 3 rings (SSSR count). The van der Waals surface area contributed by atoms with Crippen molar-refractivity contribution in [3.05, 3.63) is 66.4 Å². The number of aromatic nitrogens is 2. The normalized spacial score (nSPS) is 11.5. The van der Waals surface area contributed by atoms with Gasteiger partial charge in [0.05, 0.1) is 6.20 Å². The van der Waals surface area contributed by atoms with Crippen LogP contribution in [0.15, 0.2) is 60.8 Å². The summed E-state index contributed by atoms with van der Waals surface area (Å²) in [6.07, 6.45) is 0.0128. The van der Waals surface area contributed by atoms with Crippen LogP contribution >= 0.6 is 0 Å². The number of amides is 1. The van der Waals surface area contributed by atoms with E-state index in [2.05, 4.69) is 25.8 Å². The Morgan fingerprint density at radius 3 is 2.61 bits per heavy atom. The summed E-state index contributed by atoms with van der Waals surface area (Å²) in [5.74, 6) is 0.0632. The molecule has 28 heavy (non-hydrogen) atoms. The molecule has 0 radical (unpaired) electrons. The fraction of sp³-hybridized carbons (Fsp3) is 0.105. The van der Waals surface area contributed by atoms with Crippen LogP contribution in [0.4, 0.5) is 19.0 Å². The molecule has 0 atom stereocenters. The predicted molar refractivity (Wildman–Crippen MR) is 98.3 cm³/mol. The Hall–Kier alpha value is -3.62. The van der Waals surface area contributed by atoms with Crippen LogP contribution in [0, 0.1) is 0 Å². The second kappa shape index (κ2) is 8.38. The first-order valence-corrected chi connectivity index (χ1v) is 8.15. The monoisotopic (exact) mass is 388 g/mol. The Bertz CT molecular complexity index is 983. The zero-order valence-electron chi connectivity index (χ0n) is 14.4. The highest BCUT2D eigenvalue weighted by molar-refractivity contribution is 5.95. The number of nitrogens with zero attached hydrogens (tertiary/aromatic N) is 2. The standard InChI is InChI=1S/C19H15F3N4O2/c20-19(21,22)12-28-15-8-5-13(6-9-15)7-10-17(27)24-26-18-16-4-2-1-3-14(16)11-23-25-18/h1-11H,12H2,(H,24,27)(H,25,26)/b10-7+. The van der Waals surface area contributed by atoms with Gasteiger partial charge in [0.15, 0.2) is 12.4 Å². The Balaban J connectivity index is 1.55. The minimum atomic E-state index is -4.39. The molecule has 0 aliphatic carbocycles. The van der Waals surface area contributed by atoms with Crippen molar-refractivity contribution in [3.63, 3.8) is 0 Å². The number of rotatable bonds is 6. The fourth-order valence-corrected chi connectivity index (χ4v) is 2.29. The molecule has 2 aromatic carbocycles. The van der Waals surface area contributed by atoms with E-state index in [9.17, 15) is 18.0 Å². The van der Waals surface area contributed by atoms with Gasteiger partial charge in [-0.25, -0.2) is 0 Å². The number of halogens is 3. The van der Waals surface area contributed by atoms with Gasteiger partial charge in [0.25, 0.3) is 5.91 Å². The molecule has 0 aliphatic heterocycles. The van der Waals surface area contributed by atoms with Crippen LogP contribution in [-0.4, -0.2) is 28.9 Å². The van der Waals surface area contributed by atoms with Gasteiger partial charge in [-0.05, 0) is 23.8 Å². The number of hydrazine groups is 1. The minimum absolute atomic E-state index is 0.0927. The number of carbonyl (C=O) groups is 1. The van der Waals surface area contributed by atoms with E-state index in [0.29, 0.717) is 11.4 Å². The van der Waals surface area contributed by atoms with Gasteiger partial charge in [-0.3, -0.25) is 15.6 Å². The van der Waals surface area contributed by atoms with Gasteiger partial charge in [-0.2, -0.15) is 18.3 Å². The molecule has 9 heteroatoms. The summed E-state index contributed by atoms with van der Waals surface area (Å²) in [6.45, 7) is -1.35. The number of anilines is 1. The molecule has 1 amide bonds. The van der Waals surface area contributed by atoms with Crippen LogP contribution in [0.3, 0.4) is 0 Å². The smallest absolute Gasteiger partial charge is 0.422 e. The summed E-state index contributed by atoms with van der Waals surface area (Å²) in [5, 5.41) is 9.48. The second-order valence-corrected chi connectivity index (χ2v) is 5.70. The van der Waals surface area contributed by atoms with Crippen LogP contribution < -0.4 is 15.6 Å². The topological polar surface area (TPSA) is 76.1 Å². The van der Waals surface area contributed by atoms with Crippen LogP contribution in [0.25, 0.3) is 16.8 Å². The third kappa shape index (κ3) is 5.44. The second-order valence-electron chi connectivity index (χ2n) is 5.70. The van der Waals surface area contributed by atoms with Crippen molar-refractivity contribution in [1.29, 1.82) is 0 Å². The molecule has 6 nitrogen and oxygen atoms in total. The number of carbonyl (C=O) groups excluding carboxylic acids is 1. The molecule has 0 bridgehead atoms. The van der Waals surface area contributed by atoms with Gasteiger partial charge in [-0.15, -0.1) is 5.10 Å². The van der Waals surface area contributed by atoms with Gasteiger partial charge in [0, 0.05) is 16.8 Å². The predicted octanol–water partition coefficient (Wildman–Crippen LogP) is 3.73. The molecule has 0 spiro atoms. The summed E-state index contributed by atoms with van der Waals surface area (Å²) in [4.78, 5) is 11.9. The molecule has 144 valence electrons. The van der Waals surface area contributed by atoms with Crippen molar-refractivity contribution in [2.75, 3.05) is 12.0 Å². The van der Waals surface area contributed by atoms with E-state index in [-0.39, 0.29) is 5.75 Å². The summed E-state index contributed by atoms with van der Waals surface area (Å²) < 4.78 is 41.0. The Labute approximate surface area is 158 Å². The van der Waals surface area contributed by atoms with Crippen LogP contribution in [-0.2, 0) is 4.79 Å². The summed E-state index contributed by atoms with van der Waals surface area (Å²) in [6, 6.07) is 13.3. The van der Waals surface area contributed by atoms with E-state index >= 15 is 0 Å². The lowest BCUT2D eigenvalue weighted by atomic mass is 10.2. The van der Waals surface area contributed by atoms with Crippen LogP contribution in [0.1, 0.15) is 5.56 Å². The zero-order valence-corrected chi connectivity index (χ0v) is 14.4. The van der Waals surface area contributed by atoms with E-state index in [4.69, 9.17) is 0 Å². The van der Waals surface area contributed by atoms with Crippen molar-refractivity contribution in [3.8, 4) is 5.75 Å². The minimum Gasteiger partial charge on any atom is -0.484 e. The van der Waals surface area contributed by atoms with Gasteiger partial charge >= 0.3 is 6.18 Å². The number of benzene rings is 2. The van der Waals surface area contributed by atoms with E-state index in [1.54, 1.807) is 18.3 Å². The molecule has 0 aliphatic rings. The fourth-order valence-electron chi connectivity index (χ4n) is 2.29. The van der Waals surface area contributed by atoms with Crippen LogP contribution in [0.5, 0.6) is 5.75 Å². The number of nitrogens with one attached hydrogen (secondary N) is 2. The molecule has 0 saturated heterocycles.